The SMILES string of the molecule is CCn1c2ccc(OC)c(OC)c2c2nnc(-n3ncc4ccccc4c3=O)nc21. The Morgan fingerprint density at radius 2 is 1.87 bits per heavy atom. The van der Waals surface area contributed by atoms with Crippen molar-refractivity contribution in [2.45, 2.75) is 13.5 Å². The summed E-state index contributed by atoms with van der Waals surface area (Å²) < 4.78 is 14.2. The van der Waals surface area contributed by atoms with Gasteiger partial charge in [0, 0.05) is 11.9 Å². The molecule has 5 aromatic rings. The van der Waals surface area contributed by atoms with E-state index >= 15 is 0 Å². The molecule has 3 heterocycles. The van der Waals surface area contributed by atoms with Gasteiger partial charge in [-0.3, -0.25) is 4.79 Å². The molecule has 0 saturated heterocycles. The first kappa shape index (κ1) is 18.0. The molecule has 0 aliphatic carbocycles. The van der Waals surface area contributed by atoms with Crippen molar-refractivity contribution < 1.29 is 9.47 Å². The van der Waals surface area contributed by atoms with Gasteiger partial charge in [0.1, 0.15) is 5.52 Å². The van der Waals surface area contributed by atoms with Crippen molar-refractivity contribution in [3.05, 3.63) is 52.9 Å². The van der Waals surface area contributed by atoms with Crippen LogP contribution in [0.5, 0.6) is 11.5 Å². The summed E-state index contributed by atoms with van der Waals surface area (Å²) in [6.45, 7) is 2.66. The average Bonchev–Trinajstić information content (AvgIpc) is 3.11. The Balaban J connectivity index is 1.83. The predicted molar refractivity (Wildman–Crippen MR) is 113 cm³/mol. The lowest BCUT2D eigenvalue weighted by Crippen LogP contribution is -2.23. The third-order valence-corrected chi connectivity index (χ3v) is 5.17. The Labute approximate surface area is 170 Å². The maximum absolute atomic E-state index is 12.9. The minimum Gasteiger partial charge on any atom is -0.493 e. The Bertz CT molecular complexity index is 1490. The molecular weight excluding hydrogens is 384 g/mol. The largest absolute Gasteiger partial charge is 0.493 e. The second-order valence-corrected chi connectivity index (χ2v) is 6.67. The fourth-order valence-electron chi connectivity index (χ4n) is 3.79. The number of methoxy groups -OCH3 is 2. The van der Waals surface area contributed by atoms with Crippen LogP contribution in [0.1, 0.15) is 6.92 Å². The molecule has 0 saturated carbocycles. The fourth-order valence-corrected chi connectivity index (χ4v) is 3.79. The summed E-state index contributed by atoms with van der Waals surface area (Å²) in [6, 6.07) is 11.0. The molecule has 9 heteroatoms. The number of aryl methyl sites for hydroxylation is 1. The van der Waals surface area contributed by atoms with E-state index in [1.165, 1.54) is 4.68 Å². The normalized spacial score (nSPS) is 11.4. The zero-order valence-electron chi connectivity index (χ0n) is 16.7. The lowest BCUT2D eigenvalue weighted by Gasteiger charge is -2.09. The molecule has 9 nitrogen and oxygen atoms in total. The molecule has 0 aliphatic heterocycles. The molecule has 0 atom stereocenters. The van der Waals surface area contributed by atoms with Gasteiger partial charge < -0.3 is 14.0 Å². The number of fused-ring (bicyclic) bond motifs is 4. The molecule has 0 radical (unpaired) electrons. The van der Waals surface area contributed by atoms with Gasteiger partial charge in [0.2, 0.25) is 0 Å². The zero-order chi connectivity index (χ0) is 20.8. The molecule has 30 heavy (non-hydrogen) atoms. The van der Waals surface area contributed by atoms with Crippen molar-refractivity contribution in [2.24, 2.45) is 0 Å². The van der Waals surface area contributed by atoms with E-state index in [1.807, 2.05) is 41.8 Å². The van der Waals surface area contributed by atoms with E-state index in [1.54, 1.807) is 26.5 Å². The Hall–Kier alpha value is -4.01. The number of ether oxygens (including phenoxy) is 2. The summed E-state index contributed by atoms with van der Waals surface area (Å²) in [5, 5.41) is 14.9. The van der Waals surface area contributed by atoms with Crippen LogP contribution in [0.3, 0.4) is 0 Å². The van der Waals surface area contributed by atoms with E-state index in [-0.39, 0.29) is 11.5 Å². The van der Waals surface area contributed by atoms with Crippen LogP contribution >= 0.6 is 0 Å². The highest BCUT2D eigenvalue weighted by atomic mass is 16.5. The first-order chi connectivity index (χ1) is 14.7. The van der Waals surface area contributed by atoms with Gasteiger partial charge in [0.25, 0.3) is 11.5 Å². The van der Waals surface area contributed by atoms with Gasteiger partial charge in [-0.15, -0.1) is 10.2 Å². The molecule has 0 N–H and O–H groups in total. The van der Waals surface area contributed by atoms with Crippen LogP contribution in [-0.2, 0) is 6.54 Å². The van der Waals surface area contributed by atoms with Gasteiger partial charge in [0.05, 0.1) is 36.7 Å². The lowest BCUT2D eigenvalue weighted by atomic mass is 10.2. The summed E-state index contributed by atoms with van der Waals surface area (Å²) in [6.07, 6.45) is 1.62. The molecule has 3 aromatic heterocycles. The van der Waals surface area contributed by atoms with Gasteiger partial charge in [-0.2, -0.15) is 14.8 Å². The maximum Gasteiger partial charge on any atom is 0.282 e. The number of hydrogen-bond donors (Lipinski definition) is 0. The monoisotopic (exact) mass is 402 g/mol. The van der Waals surface area contributed by atoms with Gasteiger partial charge in [-0.1, -0.05) is 18.2 Å². The van der Waals surface area contributed by atoms with Gasteiger partial charge in [-0.25, -0.2) is 0 Å². The highest BCUT2D eigenvalue weighted by Crippen LogP contribution is 2.40. The van der Waals surface area contributed by atoms with Crippen molar-refractivity contribution >= 4 is 32.8 Å². The second-order valence-electron chi connectivity index (χ2n) is 6.67. The van der Waals surface area contributed by atoms with Crippen LogP contribution in [0.25, 0.3) is 38.8 Å². The first-order valence-electron chi connectivity index (χ1n) is 9.43. The Morgan fingerprint density at radius 3 is 2.63 bits per heavy atom. The molecule has 0 spiro atoms. The smallest absolute Gasteiger partial charge is 0.282 e. The van der Waals surface area contributed by atoms with Gasteiger partial charge in [0.15, 0.2) is 17.1 Å². The van der Waals surface area contributed by atoms with Crippen LogP contribution < -0.4 is 15.0 Å². The molecular formula is C21H18N6O3. The van der Waals surface area contributed by atoms with Crippen molar-refractivity contribution in [2.75, 3.05) is 14.2 Å². The first-order valence-corrected chi connectivity index (χ1v) is 9.43. The molecule has 150 valence electrons. The summed E-state index contributed by atoms with van der Waals surface area (Å²) >= 11 is 0. The molecule has 0 unspecified atom stereocenters. The van der Waals surface area contributed by atoms with Crippen LogP contribution in [0.15, 0.2) is 47.4 Å². The van der Waals surface area contributed by atoms with Crippen molar-refractivity contribution in [3.8, 4) is 17.4 Å². The molecule has 0 amide bonds. The van der Waals surface area contributed by atoms with Crippen LogP contribution in [0.2, 0.25) is 0 Å². The molecule has 2 aromatic carbocycles. The fraction of sp³-hybridized carbons (Fsp3) is 0.190. The number of aromatic nitrogens is 6. The maximum atomic E-state index is 12.9. The third-order valence-electron chi connectivity index (χ3n) is 5.17. The molecule has 5 rings (SSSR count). The van der Waals surface area contributed by atoms with Crippen molar-refractivity contribution in [1.82, 2.24) is 29.5 Å². The van der Waals surface area contributed by atoms with E-state index < -0.39 is 0 Å². The Kier molecular flexibility index (Phi) is 4.09. The number of benzene rings is 2. The predicted octanol–water partition coefficient (Wildman–Crippen LogP) is 2.72. The highest BCUT2D eigenvalue weighted by Gasteiger charge is 2.21. The van der Waals surface area contributed by atoms with E-state index in [0.717, 1.165) is 16.3 Å². The Morgan fingerprint density at radius 1 is 1.03 bits per heavy atom. The van der Waals surface area contributed by atoms with E-state index in [4.69, 9.17) is 9.47 Å². The second kappa shape index (κ2) is 6.80. The number of rotatable bonds is 4. The van der Waals surface area contributed by atoms with E-state index in [2.05, 4.69) is 20.3 Å². The third kappa shape index (κ3) is 2.45. The van der Waals surface area contributed by atoms with Crippen LogP contribution in [-0.4, -0.2) is 43.7 Å². The lowest BCUT2D eigenvalue weighted by molar-refractivity contribution is 0.358. The number of nitrogens with zero attached hydrogens (tertiary/aromatic N) is 6. The average molecular weight is 402 g/mol. The molecule has 0 fully saturated rings. The molecule has 0 aliphatic rings. The summed E-state index contributed by atoms with van der Waals surface area (Å²) in [5.74, 6) is 1.28. The molecule has 0 bridgehead atoms. The quantitative estimate of drug-likeness (QED) is 0.456. The van der Waals surface area contributed by atoms with E-state index in [0.29, 0.717) is 34.6 Å². The van der Waals surface area contributed by atoms with Crippen LogP contribution in [0.4, 0.5) is 0 Å². The minimum absolute atomic E-state index is 0.113. The summed E-state index contributed by atoms with van der Waals surface area (Å²) in [5.41, 5.74) is 1.75. The van der Waals surface area contributed by atoms with Gasteiger partial charge in [-0.05, 0) is 25.1 Å². The zero-order valence-corrected chi connectivity index (χ0v) is 16.7. The topological polar surface area (TPSA) is 97.0 Å². The van der Waals surface area contributed by atoms with E-state index in [9.17, 15) is 4.79 Å². The number of hydrogen-bond acceptors (Lipinski definition) is 7. The standard InChI is InChI=1S/C21H18N6O3/c1-4-26-14-9-10-15(29-2)18(30-3)16(14)17-19(26)23-21(25-24-17)27-20(28)13-8-6-5-7-12(13)11-22-27/h5-11H,4H2,1-3H3. The van der Waals surface area contributed by atoms with Crippen molar-refractivity contribution in [1.29, 1.82) is 0 Å². The summed E-state index contributed by atoms with van der Waals surface area (Å²) in [7, 11) is 3.17. The van der Waals surface area contributed by atoms with Gasteiger partial charge >= 0.3 is 0 Å². The highest BCUT2D eigenvalue weighted by molar-refractivity contribution is 6.09. The summed E-state index contributed by atoms with van der Waals surface area (Å²) in [4.78, 5) is 17.6. The van der Waals surface area contributed by atoms with Crippen LogP contribution in [0, 0.1) is 0 Å². The van der Waals surface area contributed by atoms with Crippen molar-refractivity contribution in [3.63, 3.8) is 0 Å². The minimum atomic E-state index is -0.298.